The Morgan fingerprint density at radius 1 is 1.00 bits per heavy atom. The molecule has 5 heavy (non-hydrogen) atoms. The Kier molecular flexibility index (Phi) is 16.0. The maximum atomic E-state index is 7.44. The molecular weight excluding hydrogens is 145 g/mol. The molecule has 0 aromatic heterocycles. The molecule has 0 bridgehead atoms. The first-order chi connectivity index (χ1) is 1.91. The standard InChI is InChI=1S/C2H4O2.Y/c3-1-2-4;/h1-4H;. The summed E-state index contributed by atoms with van der Waals surface area (Å²) in [6.07, 6.45) is 1.11. The van der Waals surface area contributed by atoms with Crippen molar-refractivity contribution in [1.29, 1.82) is 0 Å². The molecule has 0 heterocycles. The van der Waals surface area contributed by atoms with Crippen molar-refractivity contribution in [2.45, 2.75) is 0 Å². The van der Waals surface area contributed by atoms with Gasteiger partial charge in [-0.1, -0.05) is 0 Å². The molecular formula is C2H4O2Y. The SMILES string of the molecule is OC=CO.[Y]. The van der Waals surface area contributed by atoms with E-state index in [1.807, 2.05) is 0 Å². The van der Waals surface area contributed by atoms with E-state index in [0.29, 0.717) is 12.5 Å². The van der Waals surface area contributed by atoms with Crippen molar-refractivity contribution in [3.8, 4) is 0 Å². The Hall–Kier alpha value is 0.444. The fraction of sp³-hybridized carbons (Fsp3) is 0. The van der Waals surface area contributed by atoms with Crippen LogP contribution in [-0.2, 0) is 32.7 Å². The van der Waals surface area contributed by atoms with Gasteiger partial charge in [-0.05, 0) is 0 Å². The number of hydrogen-bond donors (Lipinski definition) is 2. The zero-order valence-corrected chi connectivity index (χ0v) is 5.46. The third-order valence-electron chi connectivity index (χ3n) is 0.0667. The van der Waals surface area contributed by atoms with Crippen LogP contribution in [0, 0.1) is 0 Å². The maximum absolute atomic E-state index is 7.44. The van der Waals surface area contributed by atoms with Crippen LogP contribution in [0.2, 0.25) is 0 Å². The van der Waals surface area contributed by atoms with E-state index in [4.69, 9.17) is 10.2 Å². The molecule has 27 valence electrons. The second kappa shape index (κ2) is 8.82. The summed E-state index contributed by atoms with van der Waals surface area (Å²) in [7, 11) is 0. The quantitative estimate of drug-likeness (QED) is 0.494. The summed E-state index contributed by atoms with van der Waals surface area (Å²) in [5.41, 5.74) is 0. The molecule has 0 spiro atoms. The summed E-state index contributed by atoms with van der Waals surface area (Å²) >= 11 is 0. The number of aliphatic hydroxyl groups excluding tert-OH is 2. The van der Waals surface area contributed by atoms with E-state index in [2.05, 4.69) is 0 Å². The average Bonchev–Trinajstić information content (AvgIpc) is 1.37. The van der Waals surface area contributed by atoms with E-state index in [9.17, 15) is 0 Å². The zero-order chi connectivity index (χ0) is 3.41. The van der Waals surface area contributed by atoms with Crippen LogP contribution in [0.25, 0.3) is 0 Å². The molecule has 3 heteroatoms. The first-order valence-electron chi connectivity index (χ1n) is 0.850. The van der Waals surface area contributed by atoms with Gasteiger partial charge in [0.25, 0.3) is 0 Å². The van der Waals surface area contributed by atoms with Crippen LogP contribution in [0.15, 0.2) is 12.5 Å². The smallest absolute Gasteiger partial charge is 0.113 e. The van der Waals surface area contributed by atoms with E-state index in [1.165, 1.54) is 0 Å². The molecule has 0 fully saturated rings. The monoisotopic (exact) mass is 149 g/mol. The number of rotatable bonds is 0. The van der Waals surface area contributed by atoms with Gasteiger partial charge in [0.2, 0.25) is 0 Å². The van der Waals surface area contributed by atoms with Crippen molar-refractivity contribution in [1.82, 2.24) is 0 Å². The van der Waals surface area contributed by atoms with Gasteiger partial charge in [-0.2, -0.15) is 0 Å². The van der Waals surface area contributed by atoms with Crippen LogP contribution in [0.4, 0.5) is 0 Å². The molecule has 0 aromatic rings. The minimum atomic E-state index is 0. The molecule has 0 amide bonds. The molecule has 0 aliphatic rings. The third-order valence-corrected chi connectivity index (χ3v) is 0.0667. The molecule has 2 nitrogen and oxygen atoms in total. The van der Waals surface area contributed by atoms with Gasteiger partial charge < -0.3 is 10.2 Å². The van der Waals surface area contributed by atoms with Gasteiger partial charge in [-0.25, -0.2) is 0 Å². The average molecular weight is 149 g/mol. The minimum Gasteiger partial charge on any atom is -0.512 e. The van der Waals surface area contributed by atoms with Gasteiger partial charge in [-0.3, -0.25) is 0 Å². The van der Waals surface area contributed by atoms with Gasteiger partial charge >= 0.3 is 0 Å². The summed E-state index contributed by atoms with van der Waals surface area (Å²) in [4.78, 5) is 0. The summed E-state index contributed by atoms with van der Waals surface area (Å²) in [5, 5.41) is 14.9. The second-order valence-electron chi connectivity index (χ2n) is 0.298. The van der Waals surface area contributed by atoms with Crippen LogP contribution in [-0.4, -0.2) is 10.2 Å². The zero-order valence-electron chi connectivity index (χ0n) is 2.63. The molecule has 0 aliphatic carbocycles. The van der Waals surface area contributed by atoms with Gasteiger partial charge in [0.1, 0.15) is 12.5 Å². The predicted molar refractivity (Wildman–Crippen MR) is 14.4 cm³/mol. The Labute approximate surface area is 55.4 Å². The largest absolute Gasteiger partial charge is 0.512 e. The predicted octanol–water partition coefficient (Wildman–Crippen LogP) is 0.571. The van der Waals surface area contributed by atoms with Crippen LogP contribution in [0.3, 0.4) is 0 Å². The molecule has 0 saturated carbocycles. The molecule has 2 N–H and O–H groups in total. The summed E-state index contributed by atoms with van der Waals surface area (Å²) in [5.74, 6) is 0. The Morgan fingerprint density at radius 3 is 1.20 bits per heavy atom. The number of hydrogen-bond acceptors (Lipinski definition) is 2. The Balaban J connectivity index is 0. The molecule has 0 aliphatic heterocycles. The minimum absolute atomic E-state index is 0. The normalized spacial score (nSPS) is 7.20. The Morgan fingerprint density at radius 2 is 1.20 bits per heavy atom. The Bertz CT molecular complexity index is 22.8. The van der Waals surface area contributed by atoms with E-state index < -0.39 is 0 Å². The van der Waals surface area contributed by atoms with E-state index in [-0.39, 0.29) is 32.7 Å². The third kappa shape index (κ3) is 12.7. The summed E-state index contributed by atoms with van der Waals surface area (Å²) < 4.78 is 0. The van der Waals surface area contributed by atoms with Crippen molar-refractivity contribution in [2.75, 3.05) is 0 Å². The first kappa shape index (κ1) is 9.06. The molecule has 1 radical (unpaired) electrons. The molecule has 0 atom stereocenters. The van der Waals surface area contributed by atoms with Crippen LogP contribution in [0.5, 0.6) is 0 Å². The van der Waals surface area contributed by atoms with E-state index >= 15 is 0 Å². The van der Waals surface area contributed by atoms with Gasteiger partial charge in [0, 0.05) is 32.7 Å². The summed E-state index contributed by atoms with van der Waals surface area (Å²) in [6.45, 7) is 0. The topological polar surface area (TPSA) is 40.5 Å². The first-order valence-corrected chi connectivity index (χ1v) is 0.850. The van der Waals surface area contributed by atoms with Crippen LogP contribution >= 0.6 is 0 Å². The van der Waals surface area contributed by atoms with Crippen LogP contribution in [0.1, 0.15) is 0 Å². The van der Waals surface area contributed by atoms with Gasteiger partial charge in [0.15, 0.2) is 0 Å². The fourth-order valence-electron chi connectivity index (χ4n) is 0. The molecule has 0 rings (SSSR count). The van der Waals surface area contributed by atoms with Crippen LogP contribution < -0.4 is 0 Å². The van der Waals surface area contributed by atoms with Crippen molar-refractivity contribution in [2.24, 2.45) is 0 Å². The summed E-state index contributed by atoms with van der Waals surface area (Å²) in [6, 6.07) is 0. The van der Waals surface area contributed by atoms with Crippen molar-refractivity contribution in [3.63, 3.8) is 0 Å². The van der Waals surface area contributed by atoms with E-state index in [0.717, 1.165) is 0 Å². The van der Waals surface area contributed by atoms with Crippen molar-refractivity contribution in [3.05, 3.63) is 12.5 Å². The fourth-order valence-corrected chi connectivity index (χ4v) is 0. The molecule has 0 aromatic carbocycles. The van der Waals surface area contributed by atoms with Gasteiger partial charge in [0.05, 0.1) is 0 Å². The van der Waals surface area contributed by atoms with Gasteiger partial charge in [-0.15, -0.1) is 0 Å². The number of aliphatic hydroxyl groups is 2. The van der Waals surface area contributed by atoms with Crippen molar-refractivity contribution < 1.29 is 42.9 Å². The van der Waals surface area contributed by atoms with E-state index in [1.54, 1.807) is 0 Å². The molecule has 0 saturated heterocycles. The maximum Gasteiger partial charge on any atom is 0.113 e. The second-order valence-corrected chi connectivity index (χ2v) is 0.298. The van der Waals surface area contributed by atoms with Crippen molar-refractivity contribution >= 4 is 0 Å². The molecule has 0 unspecified atom stereocenters.